The molecule has 3 aromatic rings. The summed E-state index contributed by atoms with van der Waals surface area (Å²) in [5.74, 6) is -0.0482. The van der Waals surface area contributed by atoms with Crippen molar-refractivity contribution in [3.05, 3.63) is 57.1 Å². The van der Waals surface area contributed by atoms with Crippen LogP contribution in [0.2, 0.25) is 10.0 Å². The van der Waals surface area contributed by atoms with Gasteiger partial charge in [0.1, 0.15) is 11.4 Å². The van der Waals surface area contributed by atoms with Gasteiger partial charge in [0.2, 0.25) is 0 Å². The lowest BCUT2D eigenvalue weighted by molar-refractivity contribution is 0.0951. The van der Waals surface area contributed by atoms with Crippen LogP contribution in [-0.4, -0.2) is 21.7 Å². The molecular weight excluding hydrogens is 420 g/mol. The molecule has 0 spiro atoms. The molecule has 1 aromatic carbocycles. The summed E-state index contributed by atoms with van der Waals surface area (Å²) in [6.07, 6.45) is 5.58. The third-order valence-electron chi connectivity index (χ3n) is 4.57. The van der Waals surface area contributed by atoms with Gasteiger partial charge in [-0.25, -0.2) is 9.07 Å². The Morgan fingerprint density at radius 2 is 1.96 bits per heavy atom. The molecule has 1 aliphatic rings. The van der Waals surface area contributed by atoms with Crippen molar-refractivity contribution in [1.29, 1.82) is 0 Å². The molecule has 0 unspecified atom stereocenters. The number of hydrogen-bond donors (Lipinski definition) is 1. The van der Waals surface area contributed by atoms with Gasteiger partial charge < -0.3 is 5.32 Å². The summed E-state index contributed by atoms with van der Waals surface area (Å²) in [7, 11) is 0. The van der Waals surface area contributed by atoms with E-state index in [1.165, 1.54) is 25.2 Å². The van der Waals surface area contributed by atoms with E-state index in [0.29, 0.717) is 32.9 Å². The Bertz CT molecular complexity index is 1030. The maximum atomic E-state index is 14.2. The van der Waals surface area contributed by atoms with E-state index in [0.717, 1.165) is 23.3 Å². The predicted molar refractivity (Wildman–Crippen MR) is 112 cm³/mol. The summed E-state index contributed by atoms with van der Waals surface area (Å²) in [4.78, 5) is 13.1. The lowest BCUT2D eigenvalue weighted by atomic mass is 10.00. The van der Waals surface area contributed by atoms with Crippen LogP contribution in [0, 0.1) is 0 Å². The van der Waals surface area contributed by atoms with Gasteiger partial charge in [-0.15, -0.1) is 11.3 Å². The van der Waals surface area contributed by atoms with Gasteiger partial charge in [-0.1, -0.05) is 23.2 Å². The number of nitrogens with zero attached hydrogens (tertiary/aromatic N) is 2. The van der Waals surface area contributed by atoms with Crippen molar-refractivity contribution in [2.45, 2.75) is 38.4 Å². The van der Waals surface area contributed by atoms with Crippen LogP contribution in [0.25, 0.3) is 16.1 Å². The maximum Gasteiger partial charge on any atom is 0.252 e. The zero-order chi connectivity index (χ0) is 20.1. The van der Waals surface area contributed by atoms with Crippen LogP contribution in [0.4, 0.5) is 4.39 Å². The zero-order valence-corrected chi connectivity index (χ0v) is 17.6. The first-order valence-corrected chi connectivity index (χ1v) is 10.5. The largest absolute Gasteiger partial charge is 0.349 e. The highest BCUT2D eigenvalue weighted by molar-refractivity contribution is 7.13. The smallest absolute Gasteiger partial charge is 0.252 e. The van der Waals surface area contributed by atoms with Gasteiger partial charge in [0.15, 0.2) is 0 Å². The Kier molecular flexibility index (Phi) is 4.98. The van der Waals surface area contributed by atoms with Gasteiger partial charge in [0.05, 0.1) is 21.8 Å². The minimum atomic E-state index is -1.55. The molecule has 1 saturated carbocycles. The Hall–Kier alpha value is -1.89. The number of aromatic nitrogens is 2. The normalized spacial score (nSPS) is 14.3. The van der Waals surface area contributed by atoms with E-state index in [4.69, 9.17) is 23.2 Å². The van der Waals surface area contributed by atoms with Gasteiger partial charge in [0, 0.05) is 28.1 Å². The molecule has 4 rings (SSSR count). The highest BCUT2D eigenvalue weighted by Gasteiger charge is 2.25. The fourth-order valence-corrected chi connectivity index (χ4v) is 4.33. The lowest BCUT2D eigenvalue weighted by Gasteiger charge is -2.17. The molecule has 2 aromatic heterocycles. The van der Waals surface area contributed by atoms with Crippen molar-refractivity contribution in [3.63, 3.8) is 0 Å². The summed E-state index contributed by atoms with van der Waals surface area (Å²) >= 11 is 14.2. The predicted octanol–water partition coefficient (Wildman–Crippen LogP) is 6.00. The van der Waals surface area contributed by atoms with Crippen LogP contribution < -0.4 is 5.32 Å². The third kappa shape index (κ3) is 3.95. The number of halogens is 3. The number of carbonyl (C=O) groups is 1. The van der Waals surface area contributed by atoms with Crippen LogP contribution in [0.15, 0.2) is 36.0 Å². The van der Waals surface area contributed by atoms with Crippen LogP contribution in [0.5, 0.6) is 0 Å². The molecule has 1 N–H and O–H groups in total. The molecule has 0 bridgehead atoms. The second-order valence-electron chi connectivity index (χ2n) is 7.38. The molecule has 1 aliphatic carbocycles. The minimum absolute atomic E-state index is 0.0482. The monoisotopic (exact) mass is 437 g/mol. The van der Waals surface area contributed by atoms with E-state index < -0.39 is 5.67 Å². The van der Waals surface area contributed by atoms with E-state index in [1.807, 2.05) is 11.4 Å². The fourth-order valence-electron chi connectivity index (χ4n) is 2.80. The maximum absolute atomic E-state index is 14.2. The Morgan fingerprint density at radius 3 is 2.57 bits per heavy atom. The first-order chi connectivity index (χ1) is 13.2. The standard InChI is InChI=1S/C20H18Cl2FN3OS/c1-20(2,23)13-6-15(21)18(16(22)7-13)26-9-12(8-24-26)17-5-11(10-28-17)19(27)25-14-3-4-14/h5-10,14H,3-4H2,1-2H3,(H,25,27). The zero-order valence-electron chi connectivity index (χ0n) is 15.3. The Balaban J connectivity index is 1.61. The van der Waals surface area contributed by atoms with Crippen LogP contribution in [0.1, 0.15) is 42.6 Å². The van der Waals surface area contributed by atoms with Crippen molar-refractivity contribution in [1.82, 2.24) is 15.1 Å². The number of benzene rings is 1. The summed E-state index contributed by atoms with van der Waals surface area (Å²) in [5.41, 5.74) is 0.840. The molecule has 28 heavy (non-hydrogen) atoms. The van der Waals surface area contributed by atoms with E-state index in [2.05, 4.69) is 10.4 Å². The molecule has 0 radical (unpaired) electrons. The van der Waals surface area contributed by atoms with Crippen LogP contribution in [-0.2, 0) is 5.67 Å². The first-order valence-electron chi connectivity index (χ1n) is 8.85. The second kappa shape index (κ2) is 7.17. The quantitative estimate of drug-likeness (QED) is 0.531. The van der Waals surface area contributed by atoms with Gasteiger partial charge in [-0.3, -0.25) is 4.79 Å². The lowest BCUT2D eigenvalue weighted by Crippen LogP contribution is -2.24. The average molecular weight is 438 g/mol. The fraction of sp³-hybridized carbons (Fsp3) is 0.300. The van der Waals surface area contributed by atoms with Gasteiger partial charge in [0.25, 0.3) is 5.91 Å². The number of carbonyl (C=O) groups excluding carboxylic acids is 1. The molecule has 0 aliphatic heterocycles. The molecule has 2 heterocycles. The van der Waals surface area contributed by atoms with Crippen molar-refractivity contribution in [2.24, 2.45) is 0 Å². The van der Waals surface area contributed by atoms with Gasteiger partial charge in [-0.2, -0.15) is 5.10 Å². The van der Waals surface area contributed by atoms with E-state index in [1.54, 1.807) is 29.2 Å². The number of amides is 1. The molecule has 146 valence electrons. The molecule has 1 amide bonds. The third-order valence-corrected chi connectivity index (χ3v) is 6.13. The summed E-state index contributed by atoms with van der Waals surface area (Å²) in [6, 6.07) is 5.30. The number of nitrogens with one attached hydrogen (secondary N) is 1. The molecule has 4 nitrogen and oxygen atoms in total. The highest BCUT2D eigenvalue weighted by Crippen LogP contribution is 2.36. The topological polar surface area (TPSA) is 46.9 Å². The van der Waals surface area contributed by atoms with Crippen molar-refractivity contribution >= 4 is 40.4 Å². The van der Waals surface area contributed by atoms with E-state index in [-0.39, 0.29) is 5.91 Å². The minimum Gasteiger partial charge on any atom is -0.349 e. The Morgan fingerprint density at radius 1 is 1.29 bits per heavy atom. The van der Waals surface area contributed by atoms with Crippen molar-refractivity contribution < 1.29 is 9.18 Å². The van der Waals surface area contributed by atoms with Crippen molar-refractivity contribution in [3.8, 4) is 16.1 Å². The number of rotatable bonds is 5. The summed E-state index contributed by atoms with van der Waals surface area (Å²) in [6.45, 7) is 2.91. The molecular formula is C20H18Cl2FN3OS. The number of alkyl halides is 1. The average Bonchev–Trinajstić information content (AvgIpc) is 3.09. The van der Waals surface area contributed by atoms with Gasteiger partial charge >= 0.3 is 0 Å². The van der Waals surface area contributed by atoms with Crippen LogP contribution in [0.3, 0.4) is 0 Å². The van der Waals surface area contributed by atoms with E-state index in [9.17, 15) is 9.18 Å². The molecule has 1 fully saturated rings. The number of hydrogen-bond acceptors (Lipinski definition) is 3. The van der Waals surface area contributed by atoms with Gasteiger partial charge in [-0.05, 0) is 50.5 Å². The number of thiophene rings is 1. The Labute approximate surface area is 176 Å². The molecule has 0 saturated heterocycles. The molecule has 8 heteroatoms. The highest BCUT2D eigenvalue weighted by atomic mass is 35.5. The molecule has 0 atom stereocenters. The van der Waals surface area contributed by atoms with Crippen molar-refractivity contribution in [2.75, 3.05) is 0 Å². The van der Waals surface area contributed by atoms with Crippen LogP contribution >= 0.6 is 34.5 Å². The first kappa shape index (κ1) is 19.4. The van der Waals surface area contributed by atoms with E-state index >= 15 is 0 Å². The second-order valence-corrected chi connectivity index (χ2v) is 9.11. The summed E-state index contributed by atoms with van der Waals surface area (Å²) in [5, 5.41) is 9.80. The SMILES string of the molecule is CC(C)(F)c1cc(Cl)c(-n2cc(-c3cc(C(=O)NC4CC4)cs3)cn2)c(Cl)c1. The summed E-state index contributed by atoms with van der Waals surface area (Å²) < 4.78 is 15.8.